The zero-order valence-electron chi connectivity index (χ0n) is 10.4. The van der Waals surface area contributed by atoms with Gasteiger partial charge in [-0.3, -0.25) is 14.5 Å². The summed E-state index contributed by atoms with van der Waals surface area (Å²) in [5, 5.41) is 0. The maximum absolute atomic E-state index is 11.1. The van der Waals surface area contributed by atoms with Crippen LogP contribution in [0, 0.1) is 12.3 Å². The highest BCUT2D eigenvalue weighted by molar-refractivity contribution is 5.74. The van der Waals surface area contributed by atoms with E-state index in [0.717, 1.165) is 12.8 Å². The summed E-state index contributed by atoms with van der Waals surface area (Å²) < 4.78 is 9.12. The molecule has 5 heteroatoms. The Bertz CT molecular complexity index is 265. The van der Waals surface area contributed by atoms with Crippen LogP contribution in [0.25, 0.3) is 0 Å². The van der Waals surface area contributed by atoms with Gasteiger partial charge < -0.3 is 9.47 Å². The number of carbonyl (C=O) groups excluding carboxylic acids is 2. The molecule has 5 nitrogen and oxygen atoms in total. The van der Waals surface area contributed by atoms with Crippen LogP contribution in [-0.2, 0) is 19.1 Å². The topological polar surface area (TPSA) is 55.8 Å². The van der Waals surface area contributed by atoms with Crippen LogP contribution in [0.2, 0.25) is 0 Å². The third kappa shape index (κ3) is 8.29. The van der Waals surface area contributed by atoms with E-state index < -0.39 is 0 Å². The lowest BCUT2D eigenvalue weighted by Crippen LogP contribution is -2.36. The van der Waals surface area contributed by atoms with E-state index in [-0.39, 0.29) is 25.0 Å². The van der Waals surface area contributed by atoms with Crippen molar-refractivity contribution in [3.8, 4) is 12.3 Å². The molecule has 0 unspecified atom stereocenters. The number of terminal acetylenes is 1. The van der Waals surface area contributed by atoms with Crippen LogP contribution in [0.5, 0.6) is 0 Å². The van der Waals surface area contributed by atoms with Crippen molar-refractivity contribution in [2.75, 3.05) is 33.9 Å². The molecule has 0 rings (SSSR count). The number of unbranched alkanes of at least 4 members (excludes halogenated alkanes) is 2. The van der Waals surface area contributed by atoms with Crippen LogP contribution < -0.4 is 0 Å². The van der Waals surface area contributed by atoms with Gasteiger partial charge in [0.2, 0.25) is 0 Å². The smallest absolute Gasteiger partial charge is 0.319 e. The van der Waals surface area contributed by atoms with Crippen molar-refractivity contribution >= 4 is 11.9 Å². The Balaban J connectivity index is 4.06. The molecular formula is C12H19NO4. The second-order valence-electron chi connectivity index (χ2n) is 3.52. The molecule has 0 aromatic carbocycles. The molecule has 0 N–H and O–H groups in total. The normalized spacial score (nSPS) is 9.76. The van der Waals surface area contributed by atoms with E-state index in [0.29, 0.717) is 13.0 Å². The summed E-state index contributed by atoms with van der Waals surface area (Å²) in [6, 6.07) is 0. The van der Waals surface area contributed by atoms with Crippen molar-refractivity contribution in [2.45, 2.75) is 19.3 Å². The van der Waals surface area contributed by atoms with Gasteiger partial charge in [-0.1, -0.05) is 0 Å². The second kappa shape index (κ2) is 9.67. The molecule has 96 valence electrons. The van der Waals surface area contributed by atoms with Crippen LogP contribution in [-0.4, -0.2) is 50.7 Å². The van der Waals surface area contributed by atoms with Gasteiger partial charge in [0.15, 0.2) is 0 Å². The van der Waals surface area contributed by atoms with E-state index in [9.17, 15) is 9.59 Å². The SMILES string of the molecule is C#CCCCCN(CC(=O)OC)CC(=O)OC. The molecule has 0 bridgehead atoms. The largest absolute Gasteiger partial charge is 0.468 e. The molecule has 0 heterocycles. The van der Waals surface area contributed by atoms with E-state index in [4.69, 9.17) is 6.42 Å². The fourth-order valence-corrected chi connectivity index (χ4v) is 1.27. The molecule has 0 saturated heterocycles. The van der Waals surface area contributed by atoms with Crippen molar-refractivity contribution in [3.63, 3.8) is 0 Å². The van der Waals surface area contributed by atoms with Gasteiger partial charge >= 0.3 is 11.9 Å². The van der Waals surface area contributed by atoms with Crippen LogP contribution >= 0.6 is 0 Å². The predicted molar refractivity (Wildman–Crippen MR) is 63.2 cm³/mol. The number of methoxy groups -OCH3 is 2. The first-order valence-corrected chi connectivity index (χ1v) is 5.43. The minimum Gasteiger partial charge on any atom is -0.468 e. The first-order chi connectivity index (χ1) is 8.13. The molecule has 0 radical (unpaired) electrons. The summed E-state index contributed by atoms with van der Waals surface area (Å²) in [5.74, 6) is 1.80. The Labute approximate surface area is 102 Å². The summed E-state index contributed by atoms with van der Waals surface area (Å²) >= 11 is 0. The maximum Gasteiger partial charge on any atom is 0.319 e. The summed E-state index contributed by atoms with van der Waals surface area (Å²) in [7, 11) is 2.63. The number of carbonyl (C=O) groups is 2. The van der Waals surface area contributed by atoms with E-state index in [1.807, 2.05) is 0 Å². The predicted octanol–water partition coefficient (Wildman–Crippen LogP) is 0.438. The van der Waals surface area contributed by atoms with Crippen molar-refractivity contribution in [2.24, 2.45) is 0 Å². The Hall–Kier alpha value is -1.54. The zero-order valence-corrected chi connectivity index (χ0v) is 10.4. The molecule has 0 aliphatic rings. The molecule has 0 amide bonds. The number of rotatable bonds is 8. The van der Waals surface area contributed by atoms with Crippen molar-refractivity contribution in [3.05, 3.63) is 0 Å². The van der Waals surface area contributed by atoms with E-state index in [2.05, 4.69) is 15.4 Å². The molecule has 0 atom stereocenters. The number of ether oxygens (including phenoxy) is 2. The first kappa shape index (κ1) is 15.5. The zero-order chi connectivity index (χ0) is 13.1. The van der Waals surface area contributed by atoms with Gasteiger partial charge in [-0.15, -0.1) is 12.3 Å². The van der Waals surface area contributed by atoms with Crippen LogP contribution in [0.15, 0.2) is 0 Å². The Morgan fingerprint density at radius 3 is 2.06 bits per heavy atom. The number of hydrogen-bond acceptors (Lipinski definition) is 5. The third-order valence-corrected chi connectivity index (χ3v) is 2.21. The Morgan fingerprint density at radius 2 is 1.65 bits per heavy atom. The highest BCUT2D eigenvalue weighted by atomic mass is 16.5. The van der Waals surface area contributed by atoms with Gasteiger partial charge in [0, 0.05) is 6.42 Å². The van der Waals surface area contributed by atoms with Gasteiger partial charge in [-0.05, 0) is 19.4 Å². The average molecular weight is 241 g/mol. The van der Waals surface area contributed by atoms with Crippen LogP contribution in [0.1, 0.15) is 19.3 Å². The van der Waals surface area contributed by atoms with E-state index >= 15 is 0 Å². The number of hydrogen-bond donors (Lipinski definition) is 0. The molecule has 0 aromatic rings. The highest BCUT2D eigenvalue weighted by Crippen LogP contribution is 1.99. The van der Waals surface area contributed by atoms with Crippen LogP contribution in [0.4, 0.5) is 0 Å². The van der Waals surface area contributed by atoms with Gasteiger partial charge in [0.05, 0.1) is 27.3 Å². The van der Waals surface area contributed by atoms with Crippen LogP contribution in [0.3, 0.4) is 0 Å². The molecule has 17 heavy (non-hydrogen) atoms. The summed E-state index contributed by atoms with van der Waals surface area (Å²) in [6.07, 6.45) is 7.54. The summed E-state index contributed by atoms with van der Waals surface area (Å²) in [6.45, 7) is 0.787. The second-order valence-corrected chi connectivity index (χ2v) is 3.52. The van der Waals surface area contributed by atoms with Gasteiger partial charge in [-0.2, -0.15) is 0 Å². The van der Waals surface area contributed by atoms with Gasteiger partial charge in [-0.25, -0.2) is 0 Å². The van der Waals surface area contributed by atoms with Gasteiger partial charge in [0.1, 0.15) is 0 Å². The minimum absolute atomic E-state index is 0.0850. The lowest BCUT2D eigenvalue weighted by molar-refractivity contribution is -0.145. The van der Waals surface area contributed by atoms with E-state index in [1.54, 1.807) is 4.90 Å². The van der Waals surface area contributed by atoms with Crippen molar-refractivity contribution in [1.29, 1.82) is 0 Å². The van der Waals surface area contributed by atoms with Crippen molar-refractivity contribution in [1.82, 2.24) is 4.90 Å². The van der Waals surface area contributed by atoms with E-state index in [1.165, 1.54) is 14.2 Å². The molecule has 0 aromatic heterocycles. The average Bonchev–Trinajstić information content (AvgIpc) is 2.33. The quantitative estimate of drug-likeness (QED) is 0.350. The summed E-state index contributed by atoms with van der Waals surface area (Å²) in [5.41, 5.74) is 0. The Morgan fingerprint density at radius 1 is 1.12 bits per heavy atom. The lowest BCUT2D eigenvalue weighted by atomic mass is 10.2. The summed E-state index contributed by atoms with van der Waals surface area (Å²) in [4.78, 5) is 24.0. The highest BCUT2D eigenvalue weighted by Gasteiger charge is 2.14. The van der Waals surface area contributed by atoms with Gasteiger partial charge in [0.25, 0.3) is 0 Å². The number of nitrogens with zero attached hydrogens (tertiary/aromatic N) is 1. The standard InChI is InChI=1S/C12H19NO4/c1-4-5-6-7-8-13(9-11(14)16-2)10-12(15)17-3/h1H,5-10H2,2-3H3. The number of esters is 2. The molecule has 0 aliphatic carbocycles. The maximum atomic E-state index is 11.1. The lowest BCUT2D eigenvalue weighted by Gasteiger charge is -2.19. The first-order valence-electron chi connectivity index (χ1n) is 5.43. The molecule has 0 spiro atoms. The monoisotopic (exact) mass is 241 g/mol. The third-order valence-electron chi connectivity index (χ3n) is 2.21. The molecular weight excluding hydrogens is 222 g/mol. The van der Waals surface area contributed by atoms with Crippen molar-refractivity contribution < 1.29 is 19.1 Å². The minimum atomic E-state index is -0.370. The molecule has 0 saturated carbocycles. The Kier molecular flexibility index (Phi) is 8.79. The molecule has 0 fully saturated rings. The fourth-order valence-electron chi connectivity index (χ4n) is 1.27. The fraction of sp³-hybridized carbons (Fsp3) is 0.667. The molecule has 0 aliphatic heterocycles.